The van der Waals surface area contributed by atoms with Crippen LogP contribution in [0.25, 0.3) is 0 Å². The predicted octanol–water partition coefficient (Wildman–Crippen LogP) is 4.08. The van der Waals surface area contributed by atoms with Crippen molar-refractivity contribution in [3.63, 3.8) is 0 Å². The molecule has 3 rings (SSSR count). The molecular weight excluding hydrogens is 370 g/mol. The van der Waals surface area contributed by atoms with Gasteiger partial charge >= 0.3 is 0 Å². The van der Waals surface area contributed by atoms with Crippen molar-refractivity contribution in [1.29, 1.82) is 0 Å². The van der Waals surface area contributed by atoms with Gasteiger partial charge in [0, 0.05) is 19.5 Å². The smallest absolute Gasteiger partial charge is 0.224 e. The normalized spacial score (nSPS) is 11.1. The van der Waals surface area contributed by atoms with Gasteiger partial charge in [-0.2, -0.15) is 0 Å². The van der Waals surface area contributed by atoms with Gasteiger partial charge in [-0.3, -0.25) is 4.79 Å². The molecule has 0 N–H and O–H groups in total. The summed E-state index contributed by atoms with van der Waals surface area (Å²) in [4.78, 5) is 14.9. The summed E-state index contributed by atoms with van der Waals surface area (Å²) in [7, 11) is -3.48. The molecule has 0 heterocycles. The Balaban J connectivity index is 1.72. The van der Waals surface area contributed by atoms with Crippen molar-refractivity contribution in [2.75, 3.05) is 5.75 Å². The Bertz CT molecular complexity index is 946. The van der Waals surface area contributed by atoms with Gasteiger partial charge in [0.1, 0.15) is 0 Å². The number of rotatable bonds is 8. The Labute approximate surface area is 166 Å². The third kappa shape index (κ3) is 5.54. The van der Waals surface area contributed by atoms with E-state index in [-0.39, 0.29) is 23.0 Å². The van der Waals surface area contributed by atoms with E-state index in [4.69, 9.17) is 0 Å². The number of nitrogens with zero attached hydrogens (tertiary/aromatic N) is 1. The Morgan fingerprint density at radius 3 is 1.57 bits per heavy atom. The predicted molar refractivity (Wildman–Crippen MR) is 110 cm³/mol. The summed E-state index contributed by atoms with van der Waals surface area (Å²) in [6.07, 6.45) is -0.0447. The molecule has 3 aromatic rings. The Hall–Kier alpha value is -2.92. The summed E-state index contributed by atoms with van der Waals surface area (Å²) >= 11 is 0. The van der Waals surface area contributed by atoms with Crippen molar-refractivity contribution in [3.8, 4) is 0 Å². The molecule has 0 fully saturated rings. The molecule has 0 unspecified atom stereocenters. The van der Waals surface area contributed by atoms with Gasteiger partial charge in [-0.05, 0) is 23.3 Å². The van der Waals surface area contributed by atoms with Gasteiger partial charge in [-0.25, -0.2) is 8.42 Å². The van der Waals surface area contributed by atoms with E-state index in [9.17, 15) is 13.2 Å². The van der Waals surface area contributed by atoms with E-state index in [1.807, 2.05) is 60.7 Å². The molecule has 0 aromatic heterocycles. The molecule has 0 bridgehead atoms. The summed E-state index contributed by atoms with van der Waals surface area (Å²) in [5.74, 6) is -0.372. The van der Waals surface area contributed by atoms with Crippen LogP contribution >= 0.6 is 0 Å². The molecule has 1 amide bonds. The van der Waals surface area contributed by atoms with Crippen molar-refractivity contribution in [1.82, 2.24) is 4.90 Å². The lowest BCUT2D eigenvalue weighted by Crippen LogP contribution is -2.31. The Morgan fingerprint density at radius 1 is 0.679 bits per heavy atom. The molecule has 0 aliphatic heterocycles. The first-order valence-corrected chi connectivity index (χ1v) is 10.8. The van der Waals surface area contributed by atoms with E-state index < -0.39 is 9.84 Å². The minimum atomic E-state index is -3.48. The SMILES string of the molecule is O=C(CCS(=O)(=O)c1ccccc1)N(Cc1ccccc1)Cc1ccccc1. The second kappa shape index (κ2) is 9.33. The second-order valence-corrected chi connectivity index (χ2v) is 8.71. The van der Waals surface area contributed by atoms with Gasteiger partial charge in [0.15, 0.2) is 9.84 Å². The second-order valence-electron chi connectivity index (χ2n) is 6.60. The summed E-state index contributed by atoms with van der Waals surface area (Å²) in [6.45, 7) is 0.889. The molecule has 5 heteroatoms. The highest BCUT2D eigenvalue weighted by Crippen LogP contribution is 2.15. The quantitative estimate of drug-likeness (QED) is 0.579. The van der Waals surface area contributed by atoms with Crippen LogP contribution in [0.1, 0.15) is 17.5 Å². The van der Waals surface area contributed by atoms with Crippen LogP contribution in [0.5, 0.6) is 0 Å². The average Bonchev–Trinajstić information content (AvgIpc) is 2.74. The van der Waals surface area contributed by atoms with Crippen molar-refractivity contribution in [2.24, 2.45) is 0 Å². The number of hydrogen-bond acceptors (Lipinski definition) is 3. The highest BCUT2D eigenvalue weighted by Gasteiger charge is 2.20. The van der Waals surface area contributed by atoms with Gasteiger partial charge in [-0.1, -0.05) is 78.9 Å². The first-order valence-electron chi connectivity index (χ1n) is 9.18. The molecule has 144 valence electrons. The number of amides is 1. The van der Waals surface area contributed by atoms with Crippen LogP contribution < -0.4 is 0 Å². The van der Waals surface area contributed by atoms with Crippen molar-refractivity contribution >= 4 is 15.7 Å². The molecule has 0 aliphatic rings. The van der Waals surface area contributed by atoms with Crippen LogP contribution in [0, 0.1) is 0 Å². The fraction of sp³-hybridized carbons (Fsp3) is 0.174. The molecule has 28 heavy (non-hydrogen) atoms. The molecular formula is C23H23NO3S. The monoisotopic (exact) mass is 393 g/mol. The van der Waals surface area contributed by atoms with E-state index in [2.05, 4.69) is 0 Å². The third-order valence-corrected chi connectivity index (χ3v) is 6.20. The fourth-order valence-electron chi connectivity index (χ4n) is 2.97. The maximum Gasteiger partial charge on any atom is 0.224 e. The van der Waals surface area contributed by atoms with Gasteiger partial charge < -0.3 is 4.90 Å². The number of carbonyl (C=O) groups excluding carboxylic acids is 1. The number of hydrogen-bond donors (Lipinski definition) is 0. The molecule has 0 saturated heterocycles. The first kappa shape index (κ1) is 19.8. The van der Waals surface area contributed by atoms with Gasteiger partial charge in [-0.15, -0.1) is 0 Å². The number of carbonyl (C=O) groups is 1. The van der Waals surface area contributed by atoms with Gasteiger partial charge in [0.2, 0.25) is 5.91 Å². The molecule has 0 atom stereocenters. The number of sulfone groups is 1. The lowest BCUT2D eigenvalue weighted by molar-refractivity contribution is -0.132. The summed E-state index contributed by atoms with van der Waals surface area (Å²) < 4.78 is 25.0. The first-order chi connectivity index (χ1) is 13.5. The zero-order chi connectivity index (χ0) is 19.8. The zero-order valence-corrected chi connectivity index (χ0v) is 16.4. The third-order valence-electron chi connectivity index (χ3n) is 4.47. The topological polar surface area (TPSA) is 54.5 Å². The van der Waals surface area contributed by atoms with Crippen LogP contribution in [-0.2, 0) is 27.7 Å². The van der Waals surface area contributed by atoms with Gasteiger partial charge in [0.25, 0.3) is 0 Å². The van der Waals surface area contributed by atoms with Crippen LogP contribution in [-0.4, -0.2) is 25.0 Å². The standard InChI is InChI=1S/C23H23NO3S/c25-23(16-17-28(26,27)22-14-8-3-9-15-22)24(18-20-10-4-1-5-11-20)19-21-12-6-2-7-13-21/h1-15H,16-19H2. The summed E-state index contributed by atoms with van der Waals surface area (Å²) in [5.41, 5.74) is 2.02. The maximum atomic E-state index is 12.9. The molecule has 0 saturated carbocycles. The van der Waals surface area contributed by atoms with E-state index in [1.165, 1.54) is 0 Å². The van der Waals surface area contributed by atoms with E-state index in [0.29, 0.717) is 13.1 Å². The minimum absolute atomic E-state index is 0.0447. The lowest BCUT2D eigenvalue weighted by Gasteiger charge is -2.23. The maximum absolute atomic E-state index is 12.9. The number of benzene rings is 3. The molecule has 4 nitrogen and oxygen atoms in total. The molecule has 0 spiro atoms. The Kier molecular flexibility index (Phi) is 6.61. The lowest BCUT2D eigenvalue weighted by atomic mass is 10.1. The van der Waals surface area contributed by atoms with E-state index in [1.54, 1.807) is 35.2 Å². The van der Waals surface area contributed by atoms with E-state index in [0.717, 1.165) is 11.1 Å². The highest BCUT2D eigenvalue weighted by molar-refractivity contribution is 7.91. The minimum Gasteiger partial charge on any atom is -0.334 e. The van der Waals surface area contributed by atoms with Crippen LogP contribution in [0.15, 0.2) is 95.9 Å². The Morgan fingerprint density at radius 2 is 1.11 bits per heavy atom. The van der Waals surface area contributed by atoms with Crippen molar-refractivity contribution < 1.29 is 13.2 Å². The summed E-state index contributed by atoms with van der Waals surface area (Å²) in [5, 5.41) is 0. The zero-order valence-electron chi connectivity index (χ0n) is 15.6. The molecule has 0 radical (unpaired) electrons. The largest absolute Gasteiger partial charge is 0.334 e. The van der Waals surface area contributed by atoms with Gasteiger partial charge in [0.05, 0.1) is 10.6 Å². The van der Waals surface area contributed by atoms with Crippen LogP contribution in [0.3, 0.4) is 0 Å². The highest BCUT2D eigenvalue weighted by atomic mass is 32.2. The van der Waals surface area contributed by atoms with Crippen molar-refractivity contribution in [2.45, 2.75) is 24.4 Å². The summed E-state index contributed by atoms with van der Waals surface area (Å²) in [6, 6.07) is 27.7. The molecule has 0 aliphatic carbocycles. The fourth-order valence-corrected chi connectivity index (χ4v) is 4.22. The van der Waals surface area contributed by atoms with E-state index >= 15 is 0 Å². The van der Waals surface area contributed by atoms with Crippen LogP contribution in [0.4, 0.5) is 0 Å². The van der Waals surface area contributed by atoms with Crippen molar-refractivity contribution in [3.05, 3.63) is 102 Å². The average molecular weight is 394 g/mol. The molecule has 3 aromatic carbocycles. The van der Waals surface area contributed by atoms with Crippen LogP contribution in [0.2, 0.25) is 0 Å².